The summed E-state index contributed by atoms with van der Waals surface area (Å²) in [4.78, 5) is 12.2. The predicted molar refractivity (Wildman–Crippen MR) is 102 cm³/mol. The molecule has 1 N–H and O–H groups in total. The lowest BCUT2D eigenvalue weighted by molar-refractivity contribution is -0.111. The van der Waals surface area contributed by atoms with E-state index in [9.17, 15) is 4.79 Å². The second-order valence-corrected chi connectivity index (χ2v) is 5.94. The van der Waals surface area contributed by atoms with Gasteiger partial charge in [0.25, 0.3) is 0 Å². The highest BCUT2D eigenvalue weighted by atomic mass is 16.5. The lowest BCUT2D eigenvalue weighted by Gasteiger charge is -2.11. The lowest BCUT2D eigenvalue weighted by atomic mass is 10.1. The maximum Gasteiger partial charge on any atom is 0.248 e. The van der Waals surface area contributed by atoms with Crippen molar-refractivity contribution in [3.8, 4) is 11.5 Å². The van der Waals surface area contributed by atoms with Gasteiger partial charge in [0.05, 0.1) is 13.7 Å². The zero-order valence-electron chi connectivity index (χ0n) is 15.5. The van der Waals surface area contributed by atoms with Crippen LogP contribution in [0.4, 0.5) is 5.69 Å². The average Bonchev–Trinajstić information content (AvgIpc) is 2.57. The van der Waals surface area contributed by atoms with Gasteiger partial charge in [0, 0.05) is 11.8 Å². The number of rotatable bonds is 6. The molecule has 0 atom stereocenters. The van der Waals surface area contributed by atoms with Gasteiger partial charge in [-0.25, -0.2) is 0 Å². The summed E-state index contributed by atoms with van der Waals surface area (Å²) in [6, 6.07) is 9.69. The van der Waals surface area contributed by atoms with Gasteiger partial charge in [-0.05, 0) is 62.6 Å². The summed E-state index contributed by atoms with van der Waals surface area (Å²) in [5.74, 6) is 1.18. The molecule has 0 heterocycles. The maximum atomic E-state index is 12.2. The van der Waals surface area contributed by atoms with E-state index in [0.29, 0.717) is 18.1 Å². The smallest absolute Gasteiger partial charge is 0.248 e. The van der Waals surface area contributed by atoms with Crippen LogP contribution in [0.2, 0.25) is 0 Å². The van der Waals surface area contributed by atoms with E-state index in [1.54, 1.807) is 13.2 Å². The standard InChI is InChI=1S/C21H25NO3/c1-6-25-18-9-7-17(13-19(18)24-5)8-10-20(23)22-21-15(3)11-14(2)12-16(21)4/h7-13H,6H2,1-5H3,(H,22,23). The van der Waals surface area contributed by atoms with Gasteiger partial charge in [0.2, 0.25) is 5.91 Å². The normalized spacial score (nSPS) is 10.8. The highest BCUT2D eigenvalue weighted by Gasteiger charge is 2.07. The summed E-state index contributed by atoms with van der Waals surface area (Å²) in [7, 11) is 1.60. The summed E-state index contributed by atoms with van der Waals surface area (Å²) in [6.07, 6.45) is 3.28. The van der Waals surface area contributed by atoms with Crippen molar-refractivity contribution in [2.75, 3.05) is 19.0 Å². The molecule has 2 aromatic carbocycles. The molecule has 2 rings (SSSR count). The SMILES string of the molecule is CCOc1ccc(C=CC(=O)Nc2c(C)cc(C)cc2C)cc1OC. The molecule has 0 unspecified atom stereocenters. The molecule has 0 spiro atoms. The van der Waals surface area contributed by atoms with Crippen LogP contribution < -0.4 is 14.8 Å². The van der Waals surface area contributed by atoms with E-state index in [2.05, 4.69) is 17.4 Å². The van der Waals surface area contributed by atoms with Crippen LogP contribution in [-0.4, -0.2) is 19.6 Å². The van der Waals surface area contributed by atoms with Crippen LogP contribution in [0.1, 0.15) is 29.2 Å². The van der Waals surface area contributed by atoms with Gasteiger partial charge >= 0.3 is 0 Å². The Labute approximate surface area is 149 Å². The van der Waals surface area contributed by atoms with Crippen molar-refractivity contribution in [2.24, 2.45) is 0 Å². The van der Waals surface area contributed by atoms with Crippen molar-refractivity contribution in [1.29, 1.82) is 0 Å². The van der Waals surface area contributed by atoms with Crippen LogP contribution >= 0.6 is 0 Å². The average molecular weight is 339 g/mol. The Bertz CT molecular complexity index is 771. The first-order valence-electron chi connectivity index (χ1n) is 8.32. The zero-order chi connectivity index (χ0) is 18.4. The number of anilines is 1. The summed E-state index contributed by atoms with van der Waals surface area (Å²) < 4.78 is 10.8. The minimum Gasteiger partial charge on any atom is -0.493 e. The highest BCUT2D eigenvalue weighted by molar-refractivity contribution is 6.02. The Kier molecular flexibility index (Phi) is 6.23. The van der Waals surface area contributed by atoms with E-state index in [1.807, 2.05) is 45.9 Å². The largest absolute Gasteiger partial charge is 0.493 e. The molecule has 1 amide bonds. The monoisotopic (exact) mass is 339 g/mol. The third-order valence-electron chi connectivity index (χ3n) is 3.84. The molecular formula is C21H25NO3. The van der Waals surface area contributed by atoms with Crippen molar-refractivity contribution in [1.82, 2.24) is 0 Å². The van der Waals surface area contributed by atoms with Crippen molar-refractivity contribution < 1.29 is 14.3 Å². The molecule has 0 aliphatic heterocycles. The van der Waals surface area contributed by atoms with Crippen LogP contribution in [0.15, 0.2) is 36.4 Å². The Hall–Kier alpha value is -2.75. The molecule has 2 aromatic rings. The number of amides is 1. The minimum absolute atomic E-state index is 0.164. The van der Waals surface area contributed by atoms with E-state index in [-0.39, 0.29) is 5.91 Å². The van der Waals surface area contributed by atoms with Gasteiger partial charge in [0.1, 0.15) is 0 Å². The van der Waals surface area contributed by atoms with E-state index in [4.69, 9.17) is 9.47 Å². The molecule has 0 bridgehead atoms. The van der Waals surface area contributed by atoms with Crippen molar-refractivity contribution in [3.63, 3.8) is 0 Å². The van der Waals surface area contributed by atoms with Gasteiger partial charge in [0.15, 0.2) is 11.5 Å². The number of carbonyl (C=O) groups excluding carboxylic acids is 1. The molecule has 4 heteroatoms. The fourth-order valence-corrected chi connectivity index (χ4v) is 2.78. The summed E-state index contributed by atoms with van der Waals surface area (Å²) in [6.45, 7) is 8.54. The molecule has 0 aromatic heterocycles. The van der Waals surface area contributed by atoms with E-state index < -0.39 is 0 Å². The summed E-state index contributed by atoms with van der Waals surface area (Å²) >= 11 is 0. The van der Waals surface area contributed by atoms with E-state index in [1.165, 1.54) is 11.6 Å². The quantitative estimate of drug-likeness (QED) is 0.778. The van der Waals surface area contributed by atoms with E-state index in [0.717, 1.165) is 22.4 Å². The minimum atomic E-state index is -0.164. The van der Waals surface area contributed by atoms with Crippen LogP contribution in [0.5, 0.6) is 11.5 Å². The van der Waals surface area contributed by atoms with Crippen molar-refractivity contribution >= 4 is 17.7 Å². The fraction of sp³-hybridized carbons (Fsp3) is 0.286. The van der Waals surface area contributed by atoms with Crippen molar-refractivity contribution in [3.05, 3.63) is 58.7 Å². The Morgan fingerprint density at radius 1 is 1.08 bits per heavy atom. The van der Waals surface area contributed by atoms with Crippen molar-refractivity contribution in [2.45, 2.75) is 27.7 Å². The number of hydrogen-bond donors (Lipinski definition) is 1. The molecule has 0 aliphatic rings. The summed E-state index contributed by atoms with van der Waals surface area (Å²) in [5.41, 5.74) is 5.03. The second kappa shape index (κ2) is 8.38. The third-order valence-corrected chi connectivity index (χ3v) is 3.84. The first-order chi connectivity index (χ1) is 11.9. The summed E-state index contributed by atoms with van der Waals surface area (Å²) in [5, 5.41) is 2.95. The topological polar surface area (TPSA) is 47.6 Å². The molecule has 0 saturated heterocycles. The molecular weight excluding hydrogens is 314 g/mol. The predicted octanol–water partition coefficient (Wildman–Crippen LogP) is 4.67. The van der Waals surface area contributed by atoms with Crippen LogP contribution in [0.3, 0.4) is 0 Å². The number of hydrogen-bond acceptors (Lipinski definition) is 3. The number of aryl methyl sites for hydroxylation is 3. The highest BCUT2D eigenvalue weighted by Crippen LogP contribution is 2.28. The van der Waals surface area contributed by atoms with Crippen LogP contribution in [-0.2, 0) is 4.79 Å². The Balaban J connectivity index is 2.13. The Morgan fingerprint density at radius 3 is 2.36 bits per heavy atom. The number of ether oxygens (including phenoxy) is 2. The van der Waals surface area contributed by atoms with E-state index >= 15 is 0 Å². The fourth-order valence-electron chi connectivity index (χ4n) is 2.78. The van der Waals surface area contributed by atoms with Gasteiger partial charge < -0.3 is 14.8 Å². The number of methoxy groups -OCH3 is 1. The molecule has 0 fully saturated rings. The molecule has 0 radical (unpaired) electrons. The lowest BCUT2D eigenvalue weighted by Crippen LogP contribution is -2.10. The number of carbonyl (C=O) groups is 1. The first kappa shape index (κ1) is 18.6. The number of nitrogens with one attached hydrogen (secondary N) is 1. The van der Waals surface area contributed by atoms with Crippen LogP contribution in [0, 0.1) is 20.8 Å². The molecule has 4 nitrogen and oxygen atoms in total. The van der Waals surface area contributed by atoms with Gasteiger partial charge in [-0.15, -0.1) is 0 Å². The second-order valence-electron chi connectivity index (χ2n) is 5.94. The third kappa shape index (κ3) is 4.86. The molecule has 0 saturated carbocycles. The molecule has 132 valence electrons. The first-order valence-corrected chi connectivity index (χ1v) is 8.32. The van der Waals surface area contributed by atoms with Gasteiger partial charge in [-0.3, -0.25) is 4.79 Å². The maximum absolute atomic E-state index is 12.2. The Morgan fingerprint density at radius 2 is 1.76 bits per heavy atom. The van der Waals surface area contributed by atoms with Gasteiger partial charge in [-0.2, -0.15) is 0 Å². The molecule has 25 heavy (non-hydrogen) atoms. The number of benzene rings is 2. The van der Waals surface area contributed by atoms with Gasteiger partial charge in [-0.1, -0.05) is 23.8 Å². The zero-order valence-corrected chi connectivity index (χ0v) is 15.5. The molecule has 0 aliphatic carbocycles. The van der Waals surface area contributed by atoms with Crippen LogP contribution in [0.25, 0.3) is 6.08 Å².